The highest BCUT2D eigenvalue weighted by Gasteiger charge is 2.13. The van der Waals surface area contributed by atoms with E-state index in [-0.39, 0.29) is 5.75 Å². The second-order valence-electron chi connectivity index (χ2n) is 7.08. The van der Waals surface area contributed by atoms with Gasteiger partial charge in [0.05, 0.1) is 5.69 Å². The molecule has 0 saturated carbocycles. The molecule has 2 heteroatoms. The molecule has 4 rings (SSSR count). The van der Waals surface area contributed by atoms with Gasteiger partial charge in [0.25, 0.3) is 0 Å². The smallest absolute Gasteiger partial charge is 0.124 e. The Labute approximate surface area is 177 Å². The van der Waals surface area contributed by atoms with Crippen molar-refractivity contribution in [3.8, 4) is 28.0 Å². The second kappa shape index (κ2) is 9.06. The van der Waals surface area contributed by atoms with Crippen LogP contribution in [0.15, 0.2) is 115 Å². The average molecular weight is 389 g/mol. The first-order valence-corrected chi connectivity index (χ1v) is 9.97. The van der Waals surface area contributed by atoms with E-state index >= 15 is 0 Å². The number of phenolic OH excluding ortho intramolecular Hbond substituents is 1. The Kier molecular flexibility index (Phi) is 5.86. The predicted molar refractivity (Wildman–Crippen MR) is 127 cm³/mol. The van der Waals surface area contributed by atoms with Crippen LogP contribution in [-0.4, -0.2) is 11.3 Å². The molecule has 1 N–H and O–H groups in total. The van der Waals surface area contributed by atoms with E-state index in [9.17, 15) is 5.11 Å². The molecule has 2 nitrogen and oxygen atoms in total. The molecule has 0 aliphatic heterocycles. The van der Waals surface area contributed by atoms with Crippen LogP contribution in [0.4, 0.5) is 5.69 Å². The largest absolute Gasteiger partial charge is 0.507 e. The van der Waals surface area contributed by atoms with E-state index in [0.29, 0.717) is 5.56 Å². The summed E-state index contributed by atoms with van der Waals surface area (Å²) in [4.78, 5) is 4.88. The van der Waals surface area contributed by atoms with Crippen molar-refractivity contribution >= 4 is 11.9 Å². The van der Waals surface area contributed by atoms with Crippen LogP contribution < -0.4 is 0 Å². The molecule has 0 heterocycles. The highest BCUT2D eigenvalue weighted by Crippen LogP contribution is 2.40. The molecular formula is C28H23NO. The average Bonchev–Trinajstić information content (AvgIpc) is 2.80. The fourth-order valence-corrected chi connectivity index (χ4v) is 3.52. The maximum Gasteiger partial charge on any atom is 0.124 e. The molecule has 4 aromatic rings. The van der Waals surface area contributed by atoms with E-state index in [1.807, 2.05) is 60.7 Å². The van der Waals surface area contributed by atoms with Gasteiger partial charge in [0, 0.05) is 22.9 Å². The number of benzene rings is 4. The summed E-state index contributed by atoms with van der Waals surface area (Å²) in [6.07, 6.45) is 4.43. The number of allylic oxidation sites excluding steroid dienone is 1. The van der Waals surface area contributed by atoms with Crippen LogP contribution in [0, 0.1) is 0 Å². The Balaban J connectivity index is 1.97. The third kappa shape index (κ3) is 4.23. The molecule has 0 aromatic heterocycles. The Morgan fingerprint density at radius 2 is 1.27 bits per heavy atom. The second-order valence-corrected chi connectivity index (χ2v) is 7.08. The van der Waals surface area contributed by atoms with Crippen LogP contribution in [-0.2, 0) is 6.42 Å². The topological polar surface area (TPSA) is 32.6 Å². The normalized spacial score (nSPS) is 10.9. The zero-order chi connectivity index (χ0) is 20.8. The summed E-state index contributed by atoms with van der Waals surface area (Å²) in [6.45, 7) is 3.91. The van der Waals surface area contributed by atoms with Crippen molar-refractivity contribution < 1.29 is 5.11 Å². The first-order chi connectivity index (χ1) is 14.8. The summed E-state index contributed by atoms with van der Waals surface area (Å²) in [6, 6.07) is 32.2. The van der Waals surface area contributed by atoms with Crippen molar-refractivity contribution in [2.75, 3.05) is 0 Å². The number of nitrogens with zero attached hydrogens (tertiary/aromatic N) is 1. The van der Waals surface area contributed by atoms with Crippen LogP contribution in [0.25, 0.3) is 22.3 Å². The maximum absolute atomic E-state index is 10.2. The summed E-state index contributed by atoms with van der Waals surface area (Å²) in [5, 5.41) is 10.2. The molecule has 0 radical (unpaired) electrons. The van der Waals surface area contributed by atoms with Gasteiger partial charge < -0.3 is 5.11 Å². The number of hydrogen-bond acceptors (Lipinski definition) is 2. The molecule has 0 aliphatic carbocycles. The number of phenols is 1. The summed E-state index contributed by atoms with van der Waals surface area (Å²) >= 11 is 0. The zero-order valence-electron chi connectivity index (χ0n) is 16.7. The lowest BCUT2D eigenvalue weighted by Gasteiger charge is -2.15. The van der Waals surface area contributed by atoms with Gasteiger partial charge in [0.1, 0.15) is 5.75 Å². The quantitative estimate of drug-likeness (QED) is 0.274. The molecule has 0 spiro atoms. The van der Waals surface area contributed by atoms with Crippen molar-refractivity contribution in [2.45, 2.75) is 6.42 Å². The van der Waals surface area contributed by atoms with Gasteiger partial charge in [-0.15, -0.1) is 6.58 Å². The molecule has 0 fully saturated rings. The molecule has 0 saturated heterocycles. The zero-order valence-corrected chi connectivity index (χ0v) is 16.7. The number of rotatable bonds is 6. The van der Waals surface area contributed by atoms with Crippen molar-refractivity contribution in [3.05, 3.63) is 121 Å². The van der Waals surface area contributed by atoms with E-state index in [1.165, 1.54) is 5.56 Å². The van der Waals surface area contributed by atoms with Gasteiger partial charge in [-0.25, -0.2) is 0 Å². The third-order valence-corrected chi connectivity index (χ3v) is 4.99. The van der Waals surface area contributed by atoms with E-state index in [2.05, 4.69) is 43.0 Å². The Hall–Kier alpha value is -3.91. The molecule has 0 bridgehead atoms. The molecule has 146 valence electrons. The summed E-state index contributed by atoms with van der Waals surface area (Å²) in [7, 11) is 0. The van der Waals surface area contributed by atoms with Gasteiger partial charge in [-0.3, -0.25) is 4.99 Å². The van der Waals surface area contributed by atoms with E-state index in [1.54, 1.807) is 12.3 Å². The van der Waals surface area contributed by atoms with Crippen molar-refractivity contribution in [3.63, 3.8) is 0 Å². The van der Waals surface area contributed by atoms with Gasteiger partial charge >= 0.3 is 0 Å². The predicted octanol–water partition coefficient (Wildman–Crippen LogP) is 7.21. The number of aromatic hydroxyl groups is 1. The van der Waals surface area contributed by atoms with Crippen molar-refractivity contribution in [1.82, 2.24) is 0 Å². The highest BCUT2D eigenvalue weighted by atomic mass is 16.3. The SMILES string of the molecule is C=CCc1cc(-c2ccccc2)c(N=Cc2ccccc2O)c(-c2ccccc2)c1. The van der Waals surface area contributed by atoms with Crippen LogP contribution in [0.3, 0.4) is 0 Å². The first kappa shape index (κ1) is 19.4. The van der Waals surface area contributed by atoms with E-state index in [4.69, 9.17) is 4.99 Å². The van der Waals surface area contributed by atoms with Gasteiger partial charge in [-0.05, 0) is 47.4 Å². The van der Waals surface area contributed by atoms with Gasteiger partial charge in [-0.1, -0.05) is 78.9 Å². The molecule has 0 aliphatic rings. The van der Waals surface area contributed by atoms with Gasteiger partial charge in [0.15, 0.2) is 0 Å². The monoisotopic (exact) mass is 389 g/mol. The molecule has 0 atom stereocenters. The van der Waals surface area contributed by atoms with Gasteiger partial charge in [0.2, 0.25) is 0 Å². The maximum atomic E-state index is 10.2. The van der Waals surface area contributed by atoms with Crippen LogP contribution >= 0.6 is 0 Å². The third-order valence-electron chi connectivity index (χ3n) is 4.99. The van der Waals surface area contributed by atoms with E-state index < -0.39 is 0 Å². The minimum absolute atomic E-state index is 0.215. The Morgan fingerprint density at radius 1 is 0.733 bits per heavy atom. The highest BCUT2D eigenvalue weighted by molar-refractivity contribution is 5.94. The van der Waals surface area contributed by atoms with Crippen LogP contribution in [0.5, 0.6) is 5.75 Å². The minimum atomic E-state index is 0.215. The fourth-order valence-electron chi connectivity index (χ4n) is 3.52. The lowest BCUT2D eigenvalue weighted by molar-refractivity contribution is 0.474. The first-order valence-electron chi connectivity index (χ1n) is 9.97. The number of hydrogen-bond donors (Lipinski definition) is 1. The molecular weight excluding hydrogens is 366 g/mol. The summed E-state index contributed by atoms with van der Waals surface area (Å²) in [5.74, 6) is 0.215. The standard InChI is InChI=1S/C28H23NO/c1-2-11-21-18-25(22-12-5-3-6-13-22)28(26(19-21)23-14-7-4-8-15-23)29-20-24-16-9-10-17-27(24)30/h2-10,12-20,30H,1,11H2. The van der Waals surface area contributed by atoms with Crippen LogP contribution in [0.1, 0.15) is 11.1 Å². The molecule has 0 unspecified atom stereocenters. The van der Waals surface area contributed by atoms with Crippen molar-refractivity contribution in [2.24, 2.45) is 4.99 Å². The Morgan fingerprint density at radius 3 is 1.80 bits per heavy atom. The fraction of sp³-hybridized carbons (Fsp3) is 0.0357. The molecule has 4 aromatic carbocycles. The van der Waals surface area contributed by atoms with E-state index in [0.717, 1.165) is 34.4 Å². The van der Waals surface area contributed by atoms with Crippen LogP contribution in [0.2, 0.25) is 0 Å². The summed E-state index contributed by atoms with van der Waals surface area (Å²) in [5.41, 5.74) is 7.06. The number of para-hydroxylation sites is 1. The Bertz CT molecular complexity index is 1120. The van der Waals surface area contributed by atoms with Crippen molar-refractivity contribution in [1.29, 1.82) is 0 Å². The number of aliphatic imine (C=N–C) groups is 1. The lowest BCUT2D eigenvalue weighted by Crippen LogP contribution is -1.91. The van der Waals surface area contributed by atoms with Gasteiger partial charge in [-0.2, -0.15) is 0 Å². The minimum Gasteiger partial charge on any atom is -0.507 e. The molecule has 30 heavy (non-hydrogen) atoms. The summed E-state index contributed by atoms with van der Waals surface area (Å²) < 4.78 is 0. The lowest BCUT2D eigenvalue weighted by atomic mass is 9.92. The molecule has 0 amide bonds.